The first-order chi connectivity index (χ1) is 5.81. The second-order valence-corrected chi connectivity index (χ2v) is 4.47. The van der Waals surface area contributed by atoms with E-state index in [1.54, 1.807) is 0 Å². The van der Waals surface area contributed by atoms with Crippen molar-refractivity contribution >= 4 is 0 Å². The van der Waals surface area contributed by atoms with Crippen LogP contribution < -0.4 is 5.32 Å². The molecule has 2 bridgehead atoms. The predicted molar refractivity (Wildman–Crippen MR) is 52.0 cm³/mol. The van der Waals surface area contributed by atoms with E-state index in [4.69, 9.17) is 0 Å². The van der Waals surface area contributed by atoms with Gasteiger partial charge in [0.05, 0.1) is 0 Å². The molecule has 4 atom stereocenters. The molecule has 0 spiro atoms. The molecule has 1 heterocycles. The van der Waals surface area contributed by atoms with Gasteiger partial charge in [0.1, 0.15) is 0 Å². The number of hydrogen-bond acceptors (Lipinski definition) is 1. The minimum absolute atomic E-state index is 0.647. The van der Waals surface area contributed by atoms with E-state index in [0.29, 0.717) is 5.92 Å². The summed E-state index contributed by atoms with van der Waals surface area (Å²) in [5, 5.41) is 3.66. The Bertz CT molecular complexity index is 176. The van der Waals surface area contributed by atoms with E-state index in [-0.39, 0.29) is 0 Å². The molecule has 0 aromatic heterocycles. The van der Waals surface area contributed by atoms with Crippen molar-refractivity contribution in [1.29, 1.82) is 0 Å². The van der Waals surface area contributed by atoms with Gasteiger partial charge in [-0.15, -0.1) is 6.58 Å². The zero-order valence-electron chi connectivity index (χ0n) is 7.92. The van der Waals surface area contributed by atoms with Crippen LogP contribution in [0.15, 0.2) is 12.7 Å². The van der Waals surface area contributed by atoms with E-state index >= 15 is 0 Å². The first-order valence-electron chi connectivity index (χ1n) is 5.17. The van der Waals surface area contributed by atoms with Crippen LogP contribution in [0.3, 0.4) is 0 Å². The van der Waals surface area contributed by atoms with E-state index in [9.17, 15) is 0 Å². The molecule has 0 aromatic carbocycles. The van der Waals surface area contributed by atoms with Crippen molar-refractivity contribution in [1.82, 2.24) is 5.32 Å². The van der Waals surface area contributed by atoms with Crippen LogP contribution in [-0.2, 0) is 0 Å². The monoisotopic (exact) mass is 165 g/mol. The molecule has 1 saturated carbocycles. The van der Waals surface area contributed by atoms with Gasteiger partial charge < -0.3 is 5.32 Å². The van der Waals surface area contributed by atoms with Gasteiger partial charge >= 0.3 is 0 Å². The highest BCUT2D eigenvalue weighted by atomic mass is 15.0. The van der Waals surface area contributed by atoms with E-state index in [1.165, 1.54) is 25.8 Å². The lowest BCUT2D eigenvalue weighted by Crippen LogP contribution is -2.44. The molecule has 0 unspecified atom stereocenters. The van der Waals surface area contributed by atoms with E-state index in [0.717, 1.165) is 17.9 Å². The van der Waals surface area contributed by atoms with Gasteiger partial charge in [-0.1, -0.05) is 13.0 Å². The van der Waals surface area contributed by atoms with Gasteiger partial charge in [-0.3, -0.25) is 0 Å². The maximum absolute atomic E-state index is 3.88. The Morgan fingerprint density at radius 2 is 2.33 bits per heavy atom. The number of hydrogen-bond donors (Lipinski definition) is 1. The first-order valence-corrected chi connectivity index (χ1v) is 5.17. The Morgan fingerprint density at radius 1 is 1.50 bits per heavy atom. The van der Waals surface area contributed by atoms with Crippen LogP contribution in [0.25, 0.3) is 0 Å². The molecular weight excluding hydrogens is 146 g/mol. The molecule has 1 N–H and O–H groups in total. The van der Waals surface area contributed by atoms with Crippen LogP contribution >= 0.6 is 0 Å². The van der Waals surface area contributed by atoms with Gasteiger partial charge in [0.15, 0.2) is 0 Å². The molecule has 1 aliphatic carbocycles. The van der Waals surface area contributed by atoms with E-state index < -0.39 is 0 Å². The van der Waals surface area contributed by atoms with Gasteiger partial charge in [0.2, 0.25) is 0 Å². The molecule has 1 nitrogen and oxygen atoms in total. The number of nitrogens with one attached hydrogen (secondary N) is 1. The fourth-order valence-electron chi connectivity index (χ4n) is 2.86. The molecule has 1 heteroatoms. The molecule has 2 fully saturated rings. The maximum atomic E-state index is 3.88. The minimum atomic E-state index is 0.647. The van der Waals surface area contributed by atoms with Crippen molar-refractivity contribution in [3.05, 3.63) is 12.7 Å². The fourth-order valence-corrected chi connectivity index (χ4v) is 2.86. The minimum Gasteiger partial charge on any atom is -0.313 e. The van der Waals surface area contributed by atoms with Crippen molar-refractivity contribution < 1.29 is 0 Å². The molecule has 2 aliphatic rings. The topological polar surface area (TPSA) is 12.0 Å². The van der Waals surface area contributed by atoms with Crippen molar-refractivity contribution in [3.8, 4) is 0 Å². The molecular formula is C11H19N. The molecule has 12 heavy (non-hydrogen) atoms. The van der Waals surface area contributed by atoms with E-state index in [2.05, 4.69) is 24.9 Å². The molecule has 0 amide bonds. The Morgan fingerprint density at radius 3 is 3.08 bits per heavy atom. The van der Waals surface area contributed by atoms with Crippen LogP contribution in [0.4, 0.5) is 0 Å². The Hall–Kier alpha value is -0.300. The third-order valence-electron chi connectivity index (χ3n) is 3.67. The van der Waals surface area contributed by atoms with Gasteiger partial charge in [-0.2, -0.15) is 0 Å². The Balaban J connectivity index is 2.02. The summed E-state index contributed by atoms with van der Waals surface area (Å²) in [4.78, 5) is 0. The highest BCUT2D eigenvalue weighted by Crippen LogP contribution is 2.38. The Kier molecular flexibility index (Phi) is 2.22. The van der Waals surface area contributed by atoms with Crippen molar-refractivity contribution in [2.75, 3.05) is 6.54 Å². The lowest BCUT2D eigenvalue weighted by atomic mass is 9.85. The molecule has 2 rings (SSSR count). The number of rotatable bonds is 2. The lowest BCUT2D eigenvalue weighted by Gasteiger charge is -2.33. The largest absolute Gasteiger partial charge is 0.313 e. The second-order valence-electron chi connectivity index (χ2n) is 4.47. The quantitative estimate of drug-likeness (QED) is 0.618. The van der Waals surface area contributed by atoms with Crippen molar-refractivity contribution in [3.63, 3.8) is 0 Å². The van der Waals surface area contributed by atoms with Crippen molar-refractivity contribution in [2.45, 2.75) is 32.2 Å². The number of fused-ring (bicyclic) bond motifs is 2. The average Bonchev–Trinajstić information content (AvgIpc) is 2.47. The summed E-state index contributed by atoms with van der Waals surface area (Å²) in [6.07, 6.45) is 6.46. The molecule has 1 saturated heterocycles. The number of piperidine rings is 1. The summed E-state index contributed by atoms with van der Waals surface area (Å²) in [6, 6.07) is 0.723. The third kappa shape index (κ3) is 1.31. The first kappa shape index (κ1) is 8.31. The van der Waals surface area contributed by atoms with Crippen LogP contribution in [0.2, 0.25) is 0 Å². The van der Waals surface area contributed by atoms with Gasteiger partial charge in [0.25, 0.3) is 0 Å². The standard InChI is InChI=1S/C11H19N/c1-3-8(2)11-10-5-4-9(6-10)7-12-11/h3,8-12H,1,4-7H2,2H3/t8-,9-,10+,11-/m0/s1. The van der Waals surface area contributed by atoms with Crippen molar-refractivity contribution in [2.24, 2.45) is 17.8 Å². The molecule has 0 aromatic rings. The lowest BCUT2D eigenvalue weighted by molar-refractivity contribution is 0.250. The summed E-state index contributed by atoms with van der Waals surface area (Å²) >= 11 is 0. The van der Waals surface area contributed by atoms with Gasteiger partial charge in [-0.05, 0) is 43.6 Å². The Labute approximate surface area is 75.2 Å². The summed E-state index contributed by atoms with van der Waals surface area (Å²) in [7, 11) is 0. The maximum Gasteiger partial charge on any atom is 0.0156 e. The van der Waals surface area contributed by atoms with Crippen LogP contribution in [-0.4, -0.2) is 12.6 Å². The normalized spacial score (nSPS) is 42.6. The second kappa shape index (κ2) is 3.21. The third-order valence-corrected chi connectivity index (χ3v) is 3.67. The SMILES string of the molecule is C=C[C@H](C)[C@@H]1NC[C@H]2CC[C@@H]1C2. The van der Waals surface area contributed by atoms with Crippen LogP contribution in [0, 0.1) is 17.8 Å². The van der Waals surface area contributed by atoms with E-state index in [1.807, 2.05) is 0 Å². The summed E-state index contributed by atoms with van der Waals surface area (Å²) in [6.45, 7) is 7.41. The smallest absolute Gasteiger partial charge is 0.0156 e. The fraction of sp³-hybridized carbons (Fsp3) is 0.818. The van der Waals surface area contributed by atoms with Gasteiger partial charge in [-0.25, -0.2) is 0 Å². The van der Waals surface area contributed by atoms with Gasteiger partial charge in [0, 0.05) is 6.04 Å². The molecule has 1 aliphatic heterocycles. The average molecular weight is 165 g/mol. The molecule has 68 valence electrons. The summed E-state index contributed by atoms with van der Waals surface area (Å²) in [5.74, 6) is 2.58. The highest BCUT2D eigenvalue weighted by molar-refractivity contribution is 4.97. The predicted octanol–water partition coefficient (Wildman–Crippen LogP) is 2.20. The zero-order valence-corrected chi connectivity index (χ0v) is 7.92. The molecule has 0 radical (unpaired) electrons. The summed E-state index contributed by atoms with van der Waals surface area (Å²) in [5.41, 5.74) is 0. The highest BCUT2D eigenvalue weighted by Gasteiger charge is 2.36. The van der Waals surface area contributed by atoms with Crippen LogP contribution in [0.1, 0.15) is 26.2 Å². The summed E-state index contributed by atoms with van der Waals surface area (Å²) < 4.78 is 0. The van der Waals surface area contributed by atoms with Crippen LogP contribution in [0.5, 0.6) is 0 Å². The zero-order chi connectivity index (χ0) is 8.55.